The van der Waals surface area contributed by atoms with E-state index in [0.717, 1.165) is 37.3 Å². The average Bonchev–Trinajstić information content (AvgIpc) is 2.98. The van der Waals surface area contributed by atoms with Gasteiger partial charge in [0.25, 0.3) is 0 Å². The van der Waals surface area contributed by atoms with Crippen LogP contribution < -0.4 is 10.1 Å². The molecule has 0 aliphatic carbocycles. The molecule has 4 nitrogen and oxygen atoms in total. The van der Waals surface area contributed by atoms with Crippen LogP contribution in [0.5, 0.6) is 5.75 Å². The number of thiazole rings is 1. The van der Waals surface area contributed by atoms with Crippen LogP contribution in [0.15, 0.2) is 29.6 Å². The summed E-state index contributed by atoms with van der Waals surface area (Å²) in [7, 11) is 0. The first-order chi connectivity index (χ1) is 11.6. The topological polar surface area (TPSA) is 51.2 Å². The molecule has 0 saturated carbocycles. The summed E-state index contributed by atoms with van der Waals surface area (Å²) in [6.45, 7) is 3.26. The highest BCUT2D eigenvalue weighted by atomic mass is 35.5. The molecule has 1 heterocycles. The maximum atomic E-state index is 11.7. The number of hydrogen-bond acceptors (Lipinski definition) is 4. The minimum Gasteiger partial charge on any atom is -0.494 e. The number of carbonyl (C=O) groups excluding carboxylic acids is 1. The van der Waals surface area contributed by atoms with Gasteiger partial charge in [-0.05, 0) is 56.9 Å². The fraction of sp³-hybridized carbons (Fsp3) is 0.444. The van der Waals surface area contributed by atoms with E-state index in [2.05, 4.69) is 15.7 Å². The minimum absolute atomic E-state index is 0.0831. The van der Waals surface area contributed by atoms with E-state index in [1.165, 1.54) is 5.01 Å². The molecule has 6 heteroatoms. The van der Waals surface area contributed by atoms with Crippen molar-refractivity contribution in [2.24, 2.45) is 0 Å². The lowest BCUT2D eigenvalue weighted by Crippen LogP contribution is -2.24. The number of amides is 1. The summed E-state index contributed by atoms with van der Waals surface area (Å²) < 4.78 is 5.56. The lowest BCUT2D eigenvalue weighted by Gasteiger charge is -2.07. The van der Waals surface area contributed by atoms with Crippen LogP contribution >= 0.6 is 22.9 Å². The fourth-order valence-electron chi connectivity index (χ4n) is 2.19. The Balaban J connectivity index is 1.47. The first-order valence-corrected chi connectivity index (χ1v) is 9.45. The summed E-state index contributed by atoms with van der Waals surface area (Å²) in [5, 5.41) is 6.89. The van der Waals surface area contributed by atoms with Gasteiger partial charge in [0.05, 0.1) is 11.6 Å². The Morgan fingerprint density at radius 3 is 2.75 bits per heavy atom. The molecule has 1 amide bonds. The minimum atomic E-state index is 0.0831. The summed E-state index contributed by atoms with van der Waals surface area (Å²) in [5.74, 6) is 0.858. The Labute approximate surface area is 152 Å². The molecule has 0 aliphatic rings. The number of halogens is 1. The molecule has 0 unspecified atom stereocenters. The molecular weight excluding hydrogens is 344 g/mol. The largest absolute Gasteiger partial charge is 0.494 e. The smallest absolute Gasteiger partial charge is 0.220 e. The predicted octanol–water partition coefficient (Wildman–Crippen LogP) is 4.40. The third-order valence-electron chi connectivity index (χ3n) is 3.44. The van der Waals surface area contributed by atoms with E-state index < -0.39 is 0 Å². The fourth-order valence-corrected chi connectivity index (χ4v) is 3.13. The number of rotatable bonds is 10. The van der Waals surface area contributed by atoms with Gasteiger partial charge in [0.15, 0.2) is 0 Å². The Morgan fingerprint density at radius 1 is 1.25 bits per heavy atom. The van der Waals surface area contributed by atoms with Crippen LogP contribution in [-0.2, 0) is 11.2 Å². The molecule has 0 fully saturated rings. The van der Waals surface area contributed by atoms with Crippen LogP contribution in [0.3, 0.4) is 0 Å². The van der Waals surface area contributed by atoms with Crippen LogP contribution in [-0.4, -0.2) is 24.0 Å². The molecular formula is C18H23ClN2O2S. The molecule has 24 heavy (non-hydrogen) atoms. The van der Waals surface area contributed by atoms with Gasteiger partial charge in [-0.3, -0.25) is 4.79 Å². The van der Waals surface area contributed by atoms with Crippen molar-refractivity contribution in [3.63, 3.8) is 0 Å². The summed E-state index contributed by atoms with van der Waals surface area (Å²) in [5.41, 5.74) is 1.09. The predicted molar refractivity (Wildman–Crippen MR) is 99.0 cm³/mol. The second-order valence-electron chi connectivity index (χ2n) is 5.60. The van der Waals surface area contributed by atoms with Crippen molar-refractivity contribution in [2.45, 2.75) is 39.0 Å². The number of aryl methyl sites for hydroxylation is 2. The lowest BCUT2D eigenvalue weighted by molar-refractivity contribution is -0.121. The van der Waals surface area contributed by atoms with Gasteiger partial charge >= 0.3 is 0 Å². The lowest BCUT2D eigenvalue weighted by atomic mass is 10.2. The summed E-state index contributed by atoms with van der Waals surface area (Å²) in [6, 6.07) is 7.23. The SMILES string of the molecule is Cc1csc(CCCCNC(=O)CCCOc2ccc(Cl)cc2)n1. The number of unbranched alkanes of at least 4 members (excludes halogenated alkanes) is 1. The molecule has 2 aromatic rings. The number of nitrogens with one attached hydrogen (secondary N) is 1. The van der Waals surface area contributed by atoms with Gasteiger partial charge < -0.3 is 10.1 Å². The quantitative estimate of drug-likeness (QED) is 0.634. The summed E-state index contributed by atoms with van der Waals surface area (Å²) >= 11 is 7.52. The van der Waals surface area contributed by atoms with E-state index >= 15 is 0 Å². The van der Waals surface area contributed by atoms with E-state index in [1.54, 1.807) is 23.5 Å². The van der Waals surface area contributed by atoms with Crippen molar-refractivity contribution in [3.05, 3.63) is 45.4 Å². The van der Waals surface area contributed by atoms with Gasteiger partial charge in [-0.15, -0.1) is 11.3 Å². The summed E-state index contributed by atoms with van der Waals surface area (Å²) in [6.07, 6.45) is 4.20. The first kappa shape index (κ1) is 18.7. The zero-order valence-electron chi connectivity index (χ0n) is 13.9. The maximum absolute atomic E-state index is 11.7. The van der Waals surface area contributed by atoms with Crippen molar-refractivity contribution >= 4 is 28.8 Å². The molecule has 0 atom stereocenters. The number of ether oxygens (including phenoxy) is 1. The molecule has 1 N–H and O–H groups in total. The second-order valence-corrected chi connectivity index (χ2v) is 6.97. The Bertz CT molecular complexity index is 628. The maximum Gasteiger partial charge on any atom is 0.220 e. The first-order valence-electron chi connectivity index (χ1n) is 8.19. The number of benzene rings is 1. The van der Waals surface area contributed by atoms with E-state index in [9.17, 15) is 4.79 Å². The third-order valence-corrected chi connectivity index (χ3v) is 4.72. The van der Waals surface area contributed by atoms with Crippen molar-refractivity contribution in [1.82, 2.24) is 10.3 Å². The Hall–Kier alpha value is -1.59. The van der Waals surface area contributed by atoms with Gasteiger partial charge in [0.2, 0.25) is 5.91 Å². The van der Waals surface area contributed by atoms with E-state index in [4.69, 9.17) is 16.3 Å². The molecule has 0 radical (unpaired) electrons. The zero-order valence-corrected chi connectivity index (χ0v) is 15.5. The standard InChI is InChI=1S/C18H23ClN2O2S/c1-14-13-24-18(21-14)6-2-3-11-20-17(22)5-4-12-23-16-9-7-15(19)8-10-16/h7-10,13H,2-6,11-12H2,1H3,(H,20,22). The molecule has 0 bridgehead atoms. The van der Waals surface area contributed by atoms with Crippen LogP contribution in [0.1, 0.15) is 36.4 Å². The molecule has 0 spiro atoms. The van der Waals surface area contributed by atoms with Crippen molar-refractivity contribution in [3.8, 4) is 5.75 Å². The highest BCUT2D eigenvalue weighted by molar-refractivity contribution is 7.09. The van der Waals surface area contributed by atoms with E-state index in [-0.39, 0.29) is 5.91 Å². The Kier molecular flexibility index (Phi) is 8.05. The molecule has 1 aromatic carbocycles. The van der Waals surface area contributed by atoms with Crippen molar-refractivity contribution < 1.29 is 9.53 Å². The molecule has 130 valence electrons. The normalized spacial score (nSPS) is 10.6. The van der Waals surface area contributed by atoms with Crippen LogP contribution in [0.4, 0.5) is 0 Å². The van der Waals surface area contributed by atoms with Crippen molar-refractivity contribution in [2.75, 3.05) is 13.2 Å². The molecule has 2 rings (SSSR count). The highest BCUT2D eigenvalue weighted by Gasteiger charge is 2.02. The molecule has 0 saturated heterocycles. The zero-order chi connectivity index (χ0) is 17.2. The van der Waals surface area contributed by atoms with Crippen LogP contribution in [0.25, 0.3) is 0 Å². The number of hydrogen-bond donors (Lipinski definition) is 1. The Morgan fingerprint density at radius 2 is 2.04 bits per heavy atom. The molecule has 0 aliphatic heterocycles. The van der Waals surface area contributed by atoms with E-state index in [0.29, 0.717) is 24.5 Å². The number of aromatic nitrogens is 1. The van der Waals surface area contributed by atoms with Gasteiger partial charge in [0, 0.05) is 29.1 Å². The van der Waals surface area contributed by atoms with Crippen molar-refractivity contribution in [1.29, 1.82) is 0 Å². The van der Waals surface area contributed by atoms with E-state index in [1.807, 2.05) is 19.1 Å². The van der Waals surface area contributed by atoms with Gasteiger partial charge in [-0.25, -0.2) is 4.98 Å². The summed E-state index contributed by atoms with van der Waals surface area (Å²) in [4.78, 5) is 16.2. The van der Waals surface area contributed by atoms with Gasteiger partial charge in [0.1, 0.15) is 5.75 Å². The third kappa shape index (κ3) is 7.32. The van der Waals surface area contributed by atoms with Crippen LogP contribution in [0.2, 0.25) is 5.02 Å². The number of nitrogens with zero attached hydrogens (tertiary/aromatic N) is 1. The monoisotopic (exact) mass is 366 g/mol. The highest BCUT2D eigenvalue weighted by Crippen LogP contribution is 2.15. The van der Waals surface area contributed by atoms with Gasteiger partial charge in [-0.2, -0.15) is 0 Å². The molecule has 1 aromatic heterocycles. The number of carbonyl (C=O) groups is 1. The van der Waals surface area contributed by atoms with Gasteiger partial charge in [-0.1, -0.05) is 11.6 Å². The average molecular weight is 367 g/mol. The van der Waals surface area contributed by atoms with Crippen LogP contribution in [0, 0.1) is 6.92 Å². The second kappa shape index (κ2) is 10.3.